The second kappa shape index (κ2) is 5.59. The van der Waals surface area contributed by atoms with Crippen LogP contribution < -0.4 is 0 Å². The predicted molar refractivity (Wildman–Crippen MR) is 48.0 cm³/mol. The monoisotopic (exact) mass is 151 g/mol. The highest BCUT2D eigenvalue weighted by atomic mass is 16.1. The van der Waals surface area contributed by atoms with Crippen LogP contribution in [0, 0.1) is 0 Å². The number of rotatable bonds is 4. The molecule has 0 saturated carbocycles. The van der Waals surface area contributed by atoms with E-state index < -0.39 is 0 Å². The highest BCUT2D eigenvalue weighted by molar-refractivity contribution is 5.96. The zero-order valence-corrected chi connectivity index (χ0v) is 7.00. The van der Waals surface area contributed by atoms with Crippen molar-refractivity contribution in [3.63, 3.8) is 0 Å². The van der Waals surface area contributed by atoms with Crippen molar-refractivity contribution in [2.75, 3.05) is 6.54 Å². The normalized spacial score (nSPS) is 12.0. The smallest absolute Gasteiger partial charge is 0.155 e. The first-order valence-electron chi connectivity index (χ1n) is 3.47. The molecule has 0 aromatic rings. The molecule has 0 fully saturated rings. The molecule has 0 amide bonds. The molecule has 0 bridgehead atoms. The van der Waals surface area contributed by atoms with Crippen LogP contribution in [0.15, 0.2) is 29.3 Å². The number of hydrogen-bond donors (Lipinski definition) is 0. The lowest BCUT2D eigenvalue weighted by Crippen LogP contribution is -1.90. The Morgan fingerprint density at radius 1 is 1.55 bits per heavy atom. The SMILES string of the molecule is C=CCN=C/C=C(\C)C(C)=O. The van der Waals surface area contributed by atoms with E-state index in [1.807, 2.05) is 0 Å². The molecule has 0 spiro atoms. The molecule has 0 aromatic heterocycles. The molecule has 11 heavy (non-hydrogen) atoms. The summed E-state index contributed by atoms with van der Waals surface area (Å²) in [6.45, 7) is 7.41. The Kier molecular flexibility index (Phi) is 4.99. The van der Waals surface area contributed by atoms with Gasteiger partial charge in [0.2, 0.25) is 0 Å². The number of carbonyl (C=O) groups is 1. The van der Waals surface area contributed by atoms with E-state index in [0.29, 0.717) is 6.54 Å². The highest BCUT2D eigenvalue weighted by Gasteiger charge is 1.91. The van der Waals surface area contributed by atoms with Crippen LogP contribution in [0.1, 0.15) is 13.8 Å². The maximum atomic E-state index is 10.7. The van der Waals surface area contributed by atoms with Gasteiger partial charge >= 0.3 is 0 Å². The Hall–Kier alpha value is -1.18. The predicted octanol–water partition coefficient (Wildman–Crippen LogP) is 1.78. The third-order valence-electron chi connectivity index (χ3n) is 1.22. The summed E-state index contributed by atoms with van der Waals surface area (Å²) in [5.41, 5.74) is 0.720. The van der Waals surface area contributed by atoms with E-state index in [1.54, 1.807) is 25.3 Å². The summed E-state index contributed by atoms with van der Waals surface area (Å²) in [7, 11) is 0. The molecular formula is C9H13NO. The molecule has 0 saturated heterocycles. The third-order valence-corrected chi connectivity index (χ3v) is 1.22. The van der Waals surface area contributed by atoms with Crippen molar-refractivity contribution in [3.8, 4) is 0 Å². The van der Waals surface area contributed by atoms with Crippen molar-refractivity contribution in [2.45, 2.75) is 13.8 Å². The summed E-state index contributed by atoms with van der Waals surface area (Å²) in [6.07, 6.45) is 5.03. The van der Waals surface area contributed by atoms with E-state index in [9.17, 15) is 4.79 Å². The van der Waals surface area contributed by atoms with Crippen molar-refractivity contribution in [2.24, 2.45) is 4.99 Å². The maximum Gasteiger partial charge on any atom is 0.155 e. The zero-order valence-electron chi connectivity index (χ0n) is 7.00. The van der Waals surface area contributed by atoms with E-state index in [2.05, 4.69) is 11.6 Å². The molecule has 0 unspecified atom stereocenters. The molecular weight excluding hydrogens is 138 g/mol. The van der Waals surface area contributed by atoms with Gasteiger partial charge in [0.25, 0.3) is 0 Å². The van der Waals surface area contributed by atoms with Crippen molar-refractivity contribution in [3.05, 3.63) is 24.3 Å². The molecule has 0 aliphatic rings. The van der Waals surface area contributed by atoms with E-state index in [4.69, 9.17) is 0 Å². The molecule has 0 radical (unpaired) electrons. The minimum absolute atomic E-state index is 0.0788. The summed E-state index contributed by atoms with van der Waals surface area (Å²) in [4.78, 5) is 14.6. The number of ketones is 1. The second-order valence-corrected chi connectivity index (χ2v) is 2.21. The third kappa shape index (κ3) is 5.27. The molecule has 60 valence electrons. The van der Waals surface area contributed by atoms with Crippen LogP contribution in [-0.4, -0.2) is 18.5 Å². The van der Waals surface area contributed by atoms with Crippen molar-refractivity contribution >= 4 is 12.0 Å². The zero-order chi connectivity index (χ0) is 8.69. The van der Waals surface area contributed by atoms with Crippen LogP contribution in [0.25, 0.3) is 0 Å². The summed E-state index contributed by atoms with van der Waals surface area (Å²) < 4.78 is 0. The van der Waals surface area contributed by atoms with Gasteiger partial charge in [-0.3, -0.25) is 9.79 Å². The first kappa shape index (κ1) is 9.82. The Morgan fingerprint density at radius 2 is 2.18 bits per heavy atom. The van der Waals surface area contributed by atoms with Crippen LogP contribution in [0.3, 0.4) is 0 Å². The quantitative estimate of drug-likeness (QED) is 0.342. The first-order valence-corrected chi connectivity index (χ1v) is 3.47. The van der Waals surface area contributed by atoms with Gasteiger partial charge in [0, 0.05) is 6.21 Å². The molecule has 0 N–H and O–H groups in total. The van der Waals surface area contributed by atoms with Crippen LogP contribution >= 0.6 is 0 Å². The topological polar surface area (TPSA) is 29.4 Å². The average Bonchev–Trinajstić information content (AvgIpc) is 1.97. The molecule has 0 atom stereocenters. The Balaban J connectivity index is 3.90. The van der Waals surface area contributed by atoms with Gasteiger partial charge in [-0.05, 0) is 25.5 Å². The summed E-state index contributed by atoms with van der Waals surface area (Å²) in [6, 6.07) is 0. The van der Waals surface area contributed by atoms with Gasteiger partial charge in [0.15, 0.2) is 5.78 Å². The number of Topliss-reactive ketones (excluding diaryl/α,β-unsaturated/α-hetero) is 1. The Morgan fingerprint density at radius 3 is 2.64 bits per heavy atom. The standard InChI is InChI=1S/C9H13NO/c1-4-6-10-7-5-8(2)9(3)11/h4-5,7H,1,6H2,2-3H3/b8-5+,10-7?. The van der Waals surface area contributed by atoms with Crippen LogP contribution in [0.4, 0.5) is 0 Å². The van der Waals surface area contributed by atoms with Crippen molar-refractivity contribution < 1.29 is 4.79 Å². The van der Waals surface area contributed by atoms with E-state index in [-0.39, 0.29) is 5.78 Å². The van der Waals surface area contributed by atoms with E-state index in [0.717, 1.165) is 5.57 Å². The number of carbonyl (C=O) groups excluding carboxylic acids is 1. The van der Waals surface area contributed by atoms with Gasteiger partial charge in [-0.25, -0.2) is 0 Å². The lowest BCUT2D eigenvalue weighted by atomic mass is 10.2. The molecule has 0 aliphatic heterocycles. The molecule has 0 aliphatic carbocycles. The Labute approximate surface area is 67.3 Å². The van der Waals surface area contributed by atoms with Crippen LogP contribution in [0.2, 0.25) is 0 Å². The largest absolute Gasteiger partial charge is 0.295 e. The van der Waals surface area contributed by atoms with Gasteiger partial charge in [0.1, 0.15) is 0 Å². The summed E-state index contributed by atoms with van der Waals surface area (Å²) >= 11 is 0. The van der Waals surface area contributed by atoms with Gasteiger partial charge in [-0.1, -0.05) is 6.08 Å². The van der Waals surface area contributed by atoms with E-state index >= 15 is 0 Å². The lowest BCUT2D eigenvalue weighted by molar-refractivity contribution is -0.113. The van der Waals surface area contributed by atoms with Gasteiger partial charge in [-0.2, -0.15) is 0 Å². The fourth-order valence-corrected chi connectivity index (χ4v) is 0.417. The van der Waals surface area contributed by atoms with Crippen molar-refractivity contribution in [1.29, 1.82) is 0 Å². The average molecular weight is 151 g/mol. The fraction of sp³-hybridized carbons (Fsp3) is 0.333. The Bertz CT molecular complexity index is 202. The minimum atomic E-state index is 0.0788. The van der Waals surface area contributed by atoms with Gasteiger partial charge in [0.05, 0.1) is 6.54 Å². The summed E-state index contributed by atoms with van der Waals surface area (Å²) in [5, 5.41) is 0. The van der Waals surface area contributed by atoms with E-state index in [1.165, 1.54) is 6.92 Å². The molecule has 0 rings (SSSR count). The highest BCUT2D eigenvalue weighted by Crippen LogP contribution is 1.90. The number of aliphatic imine (C=N–C) groups is 1. The number of hydrogen-bond acceptors (Lipinski definition) is 2. The van der Waals surface area contributed by atoms with Gasteiger partial charge < -0.3 is 0 Å². The first-order chi connectivity index (χ1) is 5.18. The molecule has 0 heterocycles. The fourth-order valence-electron chi connectivity index (χ4n) is 0.417. The van der Waals surface area contributed by atoms with Gasteiger partial charge in [-0.15, -0.1) is 6.58 Å². The van der Waals surface area contributed by atoms with Crippen molar-refractivity contribution in [1.82, 2.24) is 0 Å². The summed E-state index contributed by atoms with van der Waals surface area (Å²) in [5.74, 6) is 0.0788. The van der Waals surface area contributed by atoms with Crippen LogP contribution in [-0.2, 0) is 4.79 Å². The number of nitrogens with zero attached hydrogens (tertiary/aromatic N) is 1. The number of allylic oxidation sites excluding steroid dienone is 2. The maximum absolute atomic E-state index is 10.7. The molecule has 2 nitrogen and oxygen atoms in total. The molecule has 2 heteroatoms. The lowest BCUT2D eigenvalue weighted by Gasteiger charge is -1.87. The minimum Gasteiger partial charge on any atom is -0.295 e. The second-order valence-electron chi connectivity index (χ2n) is 2.21. The van der Waals surface area contributed by atoms with Crippen LogP contribution in [0.5, 0.6) is 0 Å². The molecule has 0 aromatic carbocycles.